The summed E-state index contributed by atoms with van der Waals surface area (Å²) in [7, 11) is 1.47. The molecule has 1 aromatic rings. The van der Waals surface area contributed by atoms with Crippen LogP contribution >= 0.6 is 0 Å². The molecule has 1 rings (SSSR count). The third-order valence-corrected chi connectivity index (χ3v) is 1.66. The zero-order chi connectivity index (χ0) is 11.3. The number of carbonyl (C=O) groups is 1. The van der Waals surface area contributed by atoms with Crippen molar-refractivity contribution < 1.29 is 9.53 Å². The second-order valence-corrected chi connectivity index (χ2v) is 2.76. The molecule has 1 aromatic carbocycles. The molecule has 0 atom stereocenters. The van der Waals surface area contributed by atoms with Crippen LogP contribution in [-0.4, -0.2) is 13.0 Å². The van der Waals surface area contributed by atoms with Gasteiger partial charge in [-0.15, -0.1) is 0 Å². The third-order valence-electron chi connectivity index (χ3n) is 1.66. The Balaban J connectivity index is 3.08. The molecule has 0 radical (unpaired) electrons. The molecule has 15 heavy (non-hydrogen) atoms. The first-order valence-electron chi connectivity index (χ1n) is 4.18. The molecule has 1 amide bonds. The molecule has 0 aliphatic rings. The number of benzene rings is 1. The van der Waals surface area contributed by atoms with Crippen molar-refractivity contribution in [2.45, 2.75) is 6.92 Å². The smallest absolute Gasteiger partial charge is 0.221 e. The van der Waals surface area contributed by atoms with E-state index in [1.54, 1.807) is 18.2 Å². The highest BCUT2D eigenvalue weighted by Crippen LogP contribution is 2.29. The van der Waals surface area contributed by atoms with Gasteiger partial charge in [-0.1, -0.05) is 11.2 Å². The number of azide groups is 1. The highest BCUT2D eigenvalue weighted by Gasteiger charge is 2.04. The Morgan fingerprint density at radius 2 is 2.33 bits per heavy atom. The molecule has 6 heteroatoms. The van der Waals surface area contributed by atoms with Gasteiger partial charge in [-0.05, 0) is 17.7 Å². The van der Waals surface area contributed by atoms with Crippen LogP contribution in [0, 0.1) is 0 Å². The molecule has 0 aliphatic heterocycles. The number of nitrogens with zero attached hydrogens (tertiary/aromatic N) is 3. The van der Waals surface area contributed by atoms with Gasteiger partial charge < -0.3 is 10.1 Å². The maximum absolute atomic E-state index is 10.8. The number of hydrogen-bond acceptors (Lipinski definition) is 3. The monoisotopic (exact) mass is 206 g/mol. The average Bonchev–Trinajstić information content (AvgIpc) is 2.20. The quantitative estimate of drug-likeness (QED) is 0.468. The lowest BCUT2D eigenvalue weighted by molar-refractivity contribution is -0.114. The van der Waals surface area contributed by atoms with Crippen molar-refractivity contribution in [1.29, 1.82) is 0 Å². The van der Waals surface area contributed by atoms with Crippen LogP contribution in [-0.2, 0) is 4.79 Å². The molecule has 0 aromatic heterocycles. The highest BCUT2D eigenvalue weighted by molar-refractivity contribution is 5.90. The van der Waals surface area contributed by atoms with Crippen LogP contribution < -0.4 is 10.1 Å². The van der Waals surface area contributed by atoms with E-state index < -0.39 is 0 Å². The van der Waals surface area contributed by atoms with Gasteiger partial charge in [0.1, 0.15) is 5.75 Å². The summed E-state index contributed by atoms with van der Waals surface area (Å²) in [6.07, 6.45) is 0. The van der Waals surface area contributed by atoms with E-state index in [2.05, 4.69) is 15.3 Å². The van der Waals surface area contributed by atoms with Gasteiger partial charge in [0.25, 0.3) is 0 Å². The molecule has 0 saturated carbocycles. The largest absolute Gasteiger partial charge is 0.495 e. The van der Waals surface area contributed by atoms with Crippen LogP contribution in [0.2, 0.25) is 0 Å². The number of carbonyl (C=O) groups excluding carboxylic acids is 1. The fourth-order valence-corrected chi connectivity index (χ4v) is 1.09. The Morgan fingerprint density at radius 1 is 1.60 bits per heavy atom. The van der Waals surface area contributed by atoms with Gasteiger partial charge in [0.05, 0.1) is 12.8 Å². The van der Waals surface area contributed by atoms with Gasteiger partial charge in [0.15, 0.2) is 0 Å². The van der Waals surface area contributed by atoms with Gasteiger partial charge in [-0.25, -0.2) is 0 Å². The Bertz CT molecular complexity index is 424. The second kappa shape index (κ2) is 4.88. The maximum atomic E-state index is 10.8. The number of amides is 1. The predicted molar refractivity (Wildman–Crippen MR) is 56.1 cm³/mol. The van der Waals surface area contributed by atoms with Crippen molar-refractivity contribution in [2.75, 3.05) is 12.4 Å². The first kappa shape index (κ1) is 10.9. The standard InChI is InChI=1S/C9H10N4O2/c1-6(14)11-8-4-3-7(12-13-10)5-9(8)15-2/h3-5H,1-2H3,(H,11,14). The molecule has 78 valence electrons. The molecule has 0 saturated heterocycles. The topological polar surface area (TPSA) is 87.1 Å². The zero-order valence-corrected chi connectivity index (χ0v) is 8.39. The predicted octanol–water partition coefficient (Wildman–Crippen LogP) is 2.60. The van der Waals surface area contributed by atoms with E-state index >= 15 is 0 Å². The Hall–Kier alpha value is -2.20. The molecule has 0 aliphatic carbocycles. The van der Waals surface area contributed by atoms with Crippen LogP contribution in [0.15, 0.2) is 23.3 Å². The summed E-state index contributed by atoms with van der Waals surface area (Å²) in [4.78, 5) is 13.5. The van der Waals surface area contributed by atoms with Crippen molar-refractivity contribution in [2.24, 2.45) is 5.11 Å². The fourth-order valence-electron chi connectivity index (χ4n) is 1.09. The Morgan fingerprint density at radius 3 is 2.87 bits per heavy atom. The van der Waals surface area contributed by atoms with Crippen molar-refractivity contribution in [3.05, 3.63) is 28.6 Å². The molecule has 0 bridgehead atoms. The summed E-state index contributed by atoms with van der Waals surface area (Å²) in [6, 6.07) is 4.75. The van der Waals surface area contributed by atoms with E-state index in [1.165, 1.54) is 14.0 Å². The van der Waals surface area contributed by atoms with Gasteiger partial charge in [-0.3, -0.25) is 4.79 Å². The minimum atomic E-state index is -0.190. The Labute approximate surface area is 86.5 Å². The number of rotatable bonds is 3. The first-order chi connectivity index (χ1) is 7.17. The van der Waals surface area contributed by atoms with E-state index in [1.807, 2.05) is 0 Å². The molecule has 6 nitrogen and oxygen atoms in total. The van der Waals surface area contributed by atoms with Gasteiger partial charge in [-0.2, -0.15) is 0 Å². The van der Waals surface area contributed by atoms with Crippen LogP contribution in [0.1, 0.15) is 6.92 Å². The zero-order valence-electron chi connectivity index (χ0n) is 8.39. The van der Waals surface area contributed by atoms with E-state index in [0.717, 1.165) is 0 Å². The average molecular weight is 206 g/mol. The van der Waals surface area contributed by atoms with Gasteiger partial charge >= 0.3 is 0 Å². The maximum Gasteiger partial charge on any atom is 0.221 e. The van der Waals surface area contributed by atoms with E-state index in [-0.39, 0.29) is 5.91 Å². The lowest BCUT2D eigenvalue weighted by Crippen LogP contribution is -2.06. The lowest BCUT2D eigenvalue weighted by atomic mass is 10.2. The normalized spacial score (nSPS) is 8.93. The van der Waals surface area contributed by atoms with Crippen LogP contribution in [0.25, 0.3) is 10.4 Å². The number of hydrogen-bond donors (Lipinski definition) is 1. The van der Waals surface area contributed by atoms with Crippen LogP contribution in [0.3, 0.4) is 0 Å². The van der Waals surface area contributed by atoms with Gasteiger partial charge in [0, 0.05) is 17.5 Å². The SMILES string of the molecule is COc1cc(N=[N+]=[N-])ccc1NC(C)=O. The van der Waals surface area contributed by atoms with E-state index in [0.29, 0.717) is 17.1 Å². The molecular formula is C9H10N4O2. The summed E-state index contributed by atoms with van der Waals surface area (Å²) in [5.74, 6) is 0.264. The van der Waals surface area contributed by atoms with Crippen molar-refractivity contribution >= 4 is 17.3 Å². The lowest BCUT2D eigenvalue weighted by Gasteiger charge is -2.08. The second-order valence-electron chi connectivity index (χ2n) is 2.76. The van der Waals surface area contributed by atoms with Crippen LogP contribution in [0.5, 0.6) is 5.75 Å². The number of methoxy groups -OCH3 is 1. The number of anilines is 1. The first-order valence-corrected chi connectivity index (χ1v) is 4.18. The molecule has 0 heterocycles. The molecule has 0 unspecified atom stereocenters. The molecule has 0 spiro atoms. The molecular weight excluding hydrogens is 196 g/mol. The summed E-state index contributed by atoms with van der Waals surface area (Å²) in [5, 5.41) is 6.02. The van der Waals surface area contributed by atoms with E-state index in [4.69, 9.17) is 10.3 Å². The molecule has 1 N–H and O–H groups in total. The molecule has 0 fully saturated rings. The third kappa shape index (κ3) is 2.89. The minimum Gasteiger partial charge on any atom is -0.495 e. The summed E-state index contributed by atoms with van der Waals surface area (Å²) >= 11 is 0. The van der Waals surface area contributed by atoms with Crippen molar-refractivity contribution in [3.8, 4) is 5.75 Å². The van der Waals surface area contributed by atoms with Gasteiger partial charge in [0.2, 0.25) is 5.91 Å². The summed E-state index contributed by atoms with van der Waals surface area (Å²) in [5.41, 5.74) is 9.22. The summed E-state index contributed by atoms with van der Waals surface area (Å²) < 4.78 is 5.04. The number of ether oxygens (including phenoxy) is 1. The fraction of sp³-hybridized carbons (Fsp3) is 0.222. The highest BCUT2D eigenvalue weighted by atomic mass is 16.5. The summed E-state index contributed by atoms with van der Waals surface area (Å²) in [6.45, 7) is 1.40. The number of nitrogens with one attached hydrogen (secondary N) is 1. The minimum absolute atomic E-state index is 0.190. The van der Waals surface area contributed by atoms with Crippen LogP contribution in [0.4, 0.5) is 11.4 Å². The Kier molecular flexibility index (Phi) is 3.54. The van der Waals surface area contributed by atoms with Crippen molar-refractivity contribution in [1.82, 2.24) is 0 Å². The van der Waals surface area contributed by atoms with Crippen molar-refractivity contribution in [3.63, 3.8) is 0 Å². The van der Waals surface area contributed by atoms with E-state index in [9.17, 15) is 4.79 Å².